The van der Waals surface area contributed by atoms with Crippen molar-refractivity contribution in [3.63, 3.8) is 0 Å². The summed E-state index contributed by atoms with van der Waals surface area (Å²) in [5.41, 5.74) is 1.55. The Bertz CT molecular complexity index is 703. The van der Waals surface area contributed by atoms with Crippen molar-refractivity contribution >= 4 is 5.97 Å². The second kappa shape index (κ2) is 7.62. The highest BCUT2D eigenvalue weighted by atomic mass is 16.5. The highest BCUT2D eigenvalue weighted by Gasteiger charge is 2.19. The molecule has 2 aromatic rings. The number of rotatable bonds is 7. The van der Waals surface area contributed by atoms with Crippen molar-refractivity contribution in [3.05, 3.63) is 46.0 Å². The smallest absolute Gasteiger partial charge is 0.306 e. The Kier molecular flexibility index (Phi) is 5.56. The lowest BCUT2D eigenvalue weighted by molar-refractivity contribution is -0.143. The van der Waals surface area contributed by atoms with Gasteiger partial charge in [0.2, 0.25) is 5.88 Å². The van der Waals surface area contributed by atoms with Crippen LogP contribution in [0.4, 0.5) is 0 Å². The van der Waals surface area contributed by atoms with Gasteiger partial charge in [-0.05, 0) is 18.9 Å². The fourth-order valence-corrected chi connectivity index (χ4v) is 2.40. The summed E-state index contributed by atoms with van der Waals surface area (Å²) >= 11 is 0. The van der Waals surface area contributed by atoms with Crippen molar-refractivity contribution in [1.29, 1.82) is 0 Å². The quantitative estimate of drug-likeness (QED) is 0.780. The Morgan fingerprint density at radius 3 is 2.74 bits per heavy atom. The summed E-state index contributed by atoms with van der Waals surface area (Å²) in [7, 11) is 3.20. The lowest BCUT2D eigenvalue weighted by Gasteiger charge is -2.16. The Morgan fingerprint density at radius 2 is 2.22 bits per heavy atom. The van der Waals surface area contributed by atoms with E-state index in [0.29, 0.717) is 18.9 Å². The molecule has 7 nitrogen and oxygen atoms in total. The molecular weight excluding hydrogens is 298 g/mol. The van der Waals surface area contributed by atoms with Crippen LogP contribution in [0.3, 0.4) is 0 Å². The summed E-state index contributed by atoms with van der Waals surface area (Å²) in [6, 6.07) is 5.16. The van der Waals surface area contributed by atoms with E-state index in [0.717, 1.165) is 11.3 Å². The molecule has 0 fully saturated rings. The van der Waals surface area contributed by atoms with Crippen molar-refractivity contribution in [2.45, 2.75) is 25.7 Å². The average molecular weight is 319 g/mol. The topological polar surface area (TPSA) is 86.2 Å². The van der Waals surface area contributed by atoms with Gasteiger partial charge in [-0.2, -0.15) is 0 Å². The number of nitrogens with one attached hydrogen (secondary N) is 1. The number of aromatic nitrogens is 3. The van der Waals surface area contributed by atoms with Crippen LogP contribution < -0.4 is 10.3 Å². The van der Waals surface area contributed by atoms with E-state index in [1.165, 1.54) is 10.7 Å². The largest absolute Gasteiger partial charge is 0.481 e. The number of H-pyrrole nitrogens is 1. The first kappa shape index (κ1) is 16.8. The molecule has 0 aliphatic carbocycles. The van der Waals surface area contributed by atoms with Crippen molar-refractivity contribution in [1.82, 2.24) is 14.8 Å². The van der Waals surface area contributed by atoms with Gasteiger partial charge in [0.25, 0.3) is 5.56 Å². The van der Waals surface area contributed by atoms with E-state index in [-0.39, 0.29) is 23.9 Å². The van der Waals surface area contributed by atoms with Gasteiger partial charge in [0, 0.05) is 37.0 Å². The predicted octanol–water partition coefficient (Wildman–Crippen LogP) is 1.40. The number of hydrogen-bond acceptors (Lipinski definition) is 5. The minimum Gasteiger partial charge on any atom is -0.481 e. The van der Waals surface area contributed by atoms with Crippen LogP contribution >= 0.6 is 0 Å². The molecule has 1 atom stereocenters. The molecule has 2 aromatic heterocycles. The Labute approximate surface area is 134 Å². The standard InChI is InChI=1S/C16H21N3O4/c1-4-23-16(21)8-12(7-13-9-15(20)19(2)18-13)11-5-6-14(22-3)17-10-11/h5-6,9-10,12,18H,4,7-8H2,1-3H3. The minimum atomic E-state index is -0.272. The number of hydrogen-bond donors (Lipinski definition) is 1. The molecular formula is C16H21N3O4. The zero-order chi connectivity index (χ0) is 16.8. The third kappa shape index (κ3) is 4.45. The van der Waals surface area contributed by atoms with Crippen LogP contribution in [0, 0.1) is 0 Å². The summed E-state index contributed by atoms with van der Waals surface area (Å²) < 4.78 is 11.5. The van der Waals surface area contributed by atoms with Gasteiger partial charge < -0.3 is 9.47 Å². The molecule has 0 saturated heterocycles. The maximum Gasteiger partial charge on any atom is 0.306 e. The van der Waals surface area contributed by atoms with Gasteiger partial charge in [-0.3, -0.25) is 19.4 Å². The van der Waals surface area contributed by atoms with Gasteiger partial charge in [0.1, 0.15) is 0 Å². The molecule has 0 spiro atoms. The minimum absolute atomic E-state index is 0.109. The number of methoxy groups -OCH3 is 1. The molecule has 124 valence electrons. The molecule has 0 radical (unpaired) electrons. The maximum atomic E-state index is 11.9. The molecule has 0 amide bonds. The molecule has 0 aromatic carbocycles. The number of aromatic amines is 1. The highest BCUT2D eigenvalue weighted by molar-refractivity contribution is 5.70. The monoisotopic (exact) mass is 319 g/mol. The number of ether oxygens (including phenoxy) is 2. The number of aryl methyl sites for hydroxylation is 1. The third-order valence-electron chi connectivity index (χ3n) is 3.56. The van der Waals surface area contributed by atoms with Gasteiger partial charge in [-0.25, -0.2) is 4.98 Å². The Morgan fingerprint density at radius 1 is 1.43 bits per heavy atom. The third-order valence-corrected chi connectivity index (χ3v) is 3.56. The molecule has 2 rings (SSSR count). The molecule has 0 bridgehead atoms. The molecule has 1 unspecified atom stereocenters. The lowest BCUT2D eigenvalue weighted by Crippen LogP contribution is -2.13. The van der Waals surface area contributed by atoms with Crippen molar-refractivity contribution in [3.8, 4) is 5.88 Å². The first-order chi connectivity index (χ1) is 11.0. The van der Waals surface area contributed by atoms with E-state index in [1.54, 1.807) is 33.3 Å². The highest BCUT2D eigenvalue weighted by Crippen LogP contribution is 2.24. The van der Waals surface area contributed by atoms with Crippen molar-refractivity contribution in [2.75, 3.05) is 13.7 Å². The van der Waals surface area contributed by atoms with Crippen LogP contribution in [-0.4, -0.2) is 34.5 Å². The Hall–Kier alpha value is -2.57. The summed E-state index contributed by atoms with van der Waals surface area (Å²) in [6.07, 6.45) is 2.42. The number of carbonyl (C=O) groups excluding carboxylic acids is 1. The Balaban J connectivity index is 2.22. The molecule has 0 aliphatic rings. The number of carbonyl (C=O) groups is 1. The van der Waals surface area contributed by atoms with Crippen molar-refractivity contribution in [2.24, 2.45) is 7.05 Å². The number of esters is 1. The first-order valence-electron chi connectivity index (χ1n) is 7.44. The zero-order valence-corrected chi connectivity index (χ0v) is 13.5. The second-order valence-electron chi connectivity index (χ2n) is 5.22. The summed E-state index contributed by atoms with van der Waals surface area (Å²) in [4.78, 5) is 27.6. The van der Waals surface area contributed by atoms with Gasteiger partial charge in [-0.1, -0.05) is 6.07 Å². The number of nitrogens with zero attached hydrogens (tertiary/aromatic N) is 2. The fraction of sp³-hybridized carbons (Fsp3) is 0.438. The van der Waals surface area contributed by atoms with E-state index in [1.807, 2.05) is 6.07 Å². The predicted molar refractivity (Wildman–Crippen MR) is 84.5 cm³/mol. The molecule has 0 saturated carbocycles. The normalized spacial score (nSPS) is 12.0. The van der Waals surface area contributed by atoms with Gasteiger partial charge in [0.15, 0.2) is 0 Å². The molecule has 23 heavy (non-hydrogen) atoms. The first-order valence-corrected chi connectivity index (χ1v) is 7.44. The molecule has 1 N–H and O–H groups in total. The van der Waals surface area contributed by atoms with Gasteiger partial charge >= 0.3 is 5.97 Å². The summed E-state index contributed by atoms with van der Waals surface area (Å²) in [5.74, 6) is 0.105. The van der Waals surface area contributed by atoms with Crippen molar-refractivity contribution < 1.29 is 14.3 Å². The van der Waals surface area contributed by atoms with Gasteiger partial charge in [0.05, 0.1) is 20.1 Å². The van der Waals surface area contributed by atoms with E-state index >= 15 is 0 Å². The number of pyridine rings is 1. The lowest BCUT2D eigenvalue weighted by atomic mass is 9.92. The van der Waals surface area contributed by atoms with Crippen LogP contribution in [0.2, 0.25) is 0 Å². The van der Waals surface area contributed by atoms with E-state index in [2.05, 4.69) is 10.1 Å². The van der Waals surface area contributed by atoms with E-state index < -0.39 is 0 Å². The van der Waals surface area contributed by atoms with Crippen LogP contribution in [0.5, 0.6) is 5.88 Å². The molecule has 2 heterocycles. The SMILES string of the molecule is CCOC(=O)CC(Cc1cc(=O)n(C)[nH]1)c1ccc(OC)nc1. The molecule has 7 heteroatoms. The summed E-state index contributed by atoms with van der Waals surface area (Å²) in [5, 5.41) is 2.98. The molecule has 0 aliphatic heterocycles. The van der Waals surface area contributed by atoms with E-state index in [4.69, 9.17) is 9.47 Å². The van der Waals surface area contributed by atoms with Crippen LogP contribution in [-0.2, 0) is 23.0 Å². The second-order valence-corrected chi connectivity index (χ2v) is 5.22. The summed E-state index contributed by atoms with van der Waals surface area (Å²) in [6.45, 7) is 2.12. The average Bonchev–Trinajstić information content (AvgIpc) is 2.85. The van der Waals surface area contributed by atoms with Crippen LogP contribution in [0.25, 0.3) is 0 Å². The van der Waals surface area contributed by atoms with Crippen LogP contribution in [0.1, 0.15) is 30.5 Å². The van der Waals surface area contributed by atoms with Gasteiger partial charge in [-0.15, -0.1) is 0 Å². The maximum absolute atomic E-state index is 11.9. The fourth-order valence-electron chi connectivity index (χ4n) is 2.40. The zero-order valence-electron chi connectivity index (χ0n) is 13.5. The van der Waals surface area contributed by atoms with Crippen LogP contribution in [0.15, 0.2) is 29.2 Å². The van der Waals surface area contributed by atoms with E-state index in [9.17, 15) is 9.59 Å².